The van der Waals surface area contributed by atoms with Gasteiger partial charge in [0.25, 0.3) is 0 Å². The Bertz CT molecular complexity index is 600. The number of aromatic carboxylic acids is 1. The van der Waals surface area contributed by atoms with Crippen molar-refractivity contribution in [2.45, 2.75) is 39.2 Å². The van der Waals surface area contributed by atoms with Gasteiger partial charge in [-0.2, -0.15) is 0 Å². The first-order valence-electron chi connectivity index (χ1n) is 6.49. The number of nitrogens with one attached hydrogen (secondary N) is 1. The largest absolute Gasteiger partial charge is 0.476 e. The molecule has 0 fully saturated rings. The van der Waals surface area contributed by atoms with Crippen molar-refractivity contribution in [3.63, 3.8) is 0 Å². The van der Waals surface area contributed by atoms with E-state index in [9.17, 15) is 9.90 Å². The molecule has 0 unspecified atom stereocenters. The number of pyridine rings is 1. The summed E-state index contributed by atoms with van der Waals surface area (Å²) < 4.78 is 1.59. The second-order valence-corrected chi connectivity index (χ2v) is 4.94. The monoisotopic (exact) mass is 261 g/mol. The number of aromatic nitrogens is 2. The lowest BCUT2D eigenvalue weighted by Crippen LogP contribution is -2.33. The number of anilines is 1. The van der Waals surface area contributed by atoms with Crippen LogP contribution in [0.2, 0.25) is 0 Å². The lowest BCUT2D eigenvalue weighted by molar-refractivity contribution is 0.0690. The van der Waals surface area contributed by atoms with E-state index in [2.05, 4.69) is 31.1 Å². The van der Waals surface area contributed by atoms with E-state index < -0.39 is 5.97 Å². The summed E-state index contributed by atoms with van der Waals surface area (Å²) in [6, 6.07) is 5.44. The number of nitrogens with zero attached hydrogens (tertiary/aromatic N) is 2. The van der Waals surface area contributed by atoms with Gasteiger partial charge in [-0.25, -0.2) is 9.78 Å². The third-order valence-electron chi connectivity index (χ3n) is 3.71. The minimum absolute atomic E-state index is 0.151. The molecule has 0 atom stereocenters. The van der Waals surface area contributed by atoms with Gasteiger partial charge in [-0.15, -0.1) is 0 Å². The number of fused-ring (bicyclic) bond motifs is 1. The normalized spacial score (nSPS) is 11.7. The molecular formula is C14H19N3O2. The molecule has 0 saturated carbocycles. The van der Waals surface area contributed by atoms with Crippen molar-refractivity contribution in [3.8, 4) is 0 Å². The lowest BCUT2D eigenvalue weighted by Gasteiger charge is -2.28. The molecule has 0 spiro atoms. The second-order valence-electron chi connectivity index (χ2n) is 4.94. The van der Waals surface area contributed by atoms with Crippen LogP contribution < -0.4 is 5.32 Å². The van der Waals surface area contributed by atoms with Crippen LogP contribution in [0.4, 0.5) is 5.82 Å². The Kier molecular flexibility index (Phi) is 3.46. The molecule has 0 aliphatic carbocycles. The van der Waals surface area contributed by atoms with Crippen molar-refractivity contribution in [3.05, 3.63) is 30.1 Å². The molecule has 2 aromatic heterocycles. The standard InChI is InChI=1S/C14H19N3O2/c1-4-14(3,5-2)16-12-11(13(18)19)17-9-7-6-8-10(17)15-12/h6-9,16H,4-5H2,1-3H3,(H,18,19). The van der Waals surface area contributed by atoms with Crippen molar-refractivity contribution in [2.75, 3.05) is 5.32 Å². The predicted octanol–water partition coefficient (Wildman–Crippen LogP) is 3.02. The zero-order valence-electron chi connectivity index (χ0n) is 11.5. The maximum atomic E-state index is 11.5. The number of rotatable bonds is 5. The lowest BCUT2D eigenvalue weighted by atomic mass is 9.95. The van der Waals surface area contributed by atoms with E-state index in [1.165, 1.54) is 0 Å². The third kappa shape index (κ3) is 2.41. The highest BCUT2D eigenvalue weighted by atomic mass is 16.4. The number of carboxylic acids is 1. The number of carbonyl (C=O) groups is 1. The highest BCUT2D eigenvalue weighted by Crippen LogP contribution is 2.25. The van der Waals surface area contributed by atoms with Gasteiger partial charge < -0.3 is 10.4 Å². The molecule has 0 aliphatic heterocycles. The van der Waals surface area contributed by atoms with E-state index in [0.717, 1.165) is 12.8 Å². The van der Waals surface area contributed by atoms with E-state index in [-0.39, 0.29) is 11.2 Å². The molecule has 0 aliphatic rings. The number of hydrogen-bond acceptors (Lipinski definition) is 3. The Morgan fingerprint density at radius 2 is 2.11 bits per heavy atom. The average molecular weight is 261 g/mol. The summed E-state index contributed by atoms with van der Waals surface area (Å²) in [6.07, 6.45) is 3.51. The summed E-state index contributed by atoms with van der Waals surface area (Å²) in [5, 5.41) is 12.7. The van der Waals surface area contributed by atoms with Crippen LogP contribution >= 0.6 is 0 Å². The van der Waals surface area contributed by atoms with Gasteiger partial charge in [-0.05, 0) is 31.9 Å². The van der Waals surface area contributed by atoms with E-state index >= 15 is 0 Å². The second kappa shape index (κ2) is 4.91. The maximum absolute atomic E-state index is 11.5. The van der Waals surface area contributed by atoms with Gasteiger partial charge in [-0.3, -0.25) is 4.40 Å². The van der Waals surface area contributed by atoms with Crippen LogP contribution in [0.5, 0.6) is 0 Å². The van der Waals surface area contributed by atoms with Crippen LogP contribution in [0.3, 0.4) is 0 Å². The van der Waals surface area contributed by atoms with E-state index in [4.69, 9.17) is 0 Å². The first-order valence-corrected chi connectivity index (χ1v) is 6.49. The fraction of sp³-hybridized carbons (Fsp3) is 0.429. The summed E-state index contributed by atoms with van der Waals surface area (Å²) in [5.41, 5.74) is 0.669. The van der Waals surface area contributed by atoms with Crippen molar-refractivity contribution in [1.82, 2.24) is 9.38 Å². The quantitative estimate of drug-likeness (QED) is 0.868. The van der Waals surface area contributed by atoms with Crippen LogP contribution in [0.1, 0.15) is 44.1 Å². The predicted molar refractivity (Wildman–Crippen MR) is 74.8 cm³/mol. The van der Waals surface area contributed by atoms with Crippen molar-refractivity contribution < 1.29 is 9.90 Å². The number of imidazole rings is 1. The van der Waals surface area contributed by atoms with Crippen LogP contribution in [-0.2, 0) is 0 Å². The molecule has 0 bridgehead atoms. The van der Waals surface area contributed by atoms with Gasteiger partial charge in [0, 0.05) is 11.7 Å². The van der Waals surface area contributed by atoms with Crippen molar-refractivity contribution >= 4 is 17.4 Å². The van der Waals surface area contributed by atoms with Crippen LogP contribution in [0.15, 0.2) is 24.4 Å². The molecular weight excluding hydrogens is 242 g/mol. The van der Waals surface area contributed by atoms with E-state index in [1.54, 1.807) is 22.7 Å². The average Bonchev–Trinajstić information content (AvgIpc) is 2.76. The highest BCUT2D eigenvalue weighted by Gasteiger charge is 2.25. The van der Waals surface area contributed by atoms with E-state index in [1.807, 2.05) is 6.07 Å². The molecule has 5 nitrogen and oxygen atoms in total. The summed E-state index contributed by atoms with van der Waals surface area (Å²) in [4.78, 5) is 15.8. The SMILES string of the molecule is CCC(C)(CC)Nc1nc2ccccn2c1C(=O)O. The number of carboxylic acid groups (broad SMARTS) is 1. The Labute approximate surface area is 112 Å². The molecule has 2 aromatic rings. The third-order valence-corrected chi connectivity index (χ3v) is 3.71. The first kappa shape index (κ1) is 13.4. The van der Waals surface area contributed by atoms with Crippen molar-refractivity contribution in [2.24, 2.45) is 0 Å². The minimum Gasteiger partial charge on any atom is -0.476 e. The summed E-state index contributed by atoms with van der Waals surface area (Å²) in [5.74, 6) is -0.541. The van der Waals surface area contributed by atoms with Gasteiger partial charge in [0.2, 0.25) is 0 Å². The van der Waals surface area contributed by atoms with Gasteiger partial charge >= 0.3 is 5.97 Å². The molecule has 0 amide bonds. The Morgan fingerprint density at radius 1 is 1.42 bits per heavy atom. The smallest absolute Gasteiger partial charge is 0.356 e. The molecule has 0 saturated heterocycles. The zero-order chi connectivity index (χ0) is 14.0. The fourth-order valence-corrected chi connectivity index (χ4v) is 2.00. The Balaban J connectivity index is 2.54. The van der Waals surface area contributed by atoms with Crippen molar-refractivity contribution in [1.29, 1.82) is 0 Å². The minimum atomic E-state index is -0.976. The molecule has 102 valence electrons. The fourth-order valence-electron chi connectivity index (χ4n) is 2.00. The summed E-state index contributed by atoms with van der Waals surface area (Å²) >= 11 is 0. The zero-order valence-corrected chi connectivity index (χ0v) is 11.5. The maximum Gasteiger partial charge on any atom is 0.356 e. The molecule has 19 heavy (non-hydrogen) atoms. The molecule has 2 N–H and O–H groups in total. The molecule has 0 aromatic carbocycles. The molecule has 0 radical (unpaired) electrons. The highest BCUT2D eigenvalue weighted by molar-refractivity contribution is 5.93. The number of hydrogen-bond donors (Lipinski definition) is 2. The van der Waals surface area contributed by atoms with Crippen LogP contribution in [0, 0.1) is 0 Å². The summed E-state index contributed by atoms with van der Waals surface area (Å²) in [7, 11) is 0. The first-order chi connectivity index (χ1) is 9.00. The molecule has 2 rings (SSSR count). The van der Waals surface area contributed by atoms with Gasteiger partial charge in [-0.1, -0.05) is 19.9 Å². The summed E-state index contributed by atoms with van der Waals surface area (Å²) in [6.45, 7) is 6.22. The Hall–Kier alpha value is -2.04. The molecule has 5 heteroatoms. The van der Waals surface area contributed by atoms with E-state index in [0.29, 0.717) is 11.5 Å². The Morgan fingerprint density at radius 3 is 2.68 bits per heavy atom. The van der Waals surface area contributed by atoms with Crippen LogP contribution in [-0.4, -0.2) is 26.0 Å². The van der Waals surface area contributed by atoms with Gasteiger partial charge in [0.15, 0.2) is 11.5 Å². The molecule has 2 heterocycles. The topological polar surface area (TPSA) is 66.6 Å². The van der Waals surface area contributed by atoms with Gasteiger partial charge in [0.05, 0.1) is 0 Å². The van der Waals surface area contributed by atoms with Crippen LogP contribution in [0.25, 0.3) is 5.65 Å². The van der Waals surface area contributed by atoms with Gasteiger partial charge in [0.1, 0.15) is 5.65 Å².